The zero-order chi connectivity index (χ0) is 24.9. The van der Waals surface area contributed by atoms with Crippen molar-refractivity contribution in [2.24, 2.45) is 0 Å². The molecule has 1 aliphatic carbocycles. The number of benzene rings is 2. The number of nitrogens with zero attached hydrogens (tertiary/aromatic N) is 2. The number of alkyl halides is 3. The molecule has 0 radical (unpaired) electrons. The van der Waals surface area contributed by atoms with E-state index in [2.05, 4.69) is 29.2 Å². The molecule has 6 rings (SSSR count). The molecule has 1 aromatic heterocycles. The van der Waals surface area contributed by atoms with Crippen LogP contribution in [0.25, 0.3) is 16.7 Å². The lowest BCUT2D eigenvalue weighted by Crippen LogP contribution is -2.51. The maximum Gasteiger partial charge on any atom is 0.417 e. The van der Waals surface area contributed by atoms with Crippen LogP contribution in [0.5, 0.6) is 0 Å². The number of amides is 1. The molecule has 2 atom stereocenters. The van der Waals surface area contributed by atoms with Crippen LogP contribution < -0.4 is 0 Å². The quantitative estimate of drug-likeness (QED) is 0.395. The Morgan fingerprint density at radius 3 is 2.36 bits per heavy atom. The van der Waals surface area contributed by atoms with E-state index in [1.165, 1.54) is 17.3 Å². The minimum Gasteiger partial charge on any atom is -0.448 e. The smallest absolute Gasteiger partial charge is 0.417 e. The van der Waals surface area contributed by atoms with Gasteiger partial charge in [-0.25, -0.2) is 4.79 Å². The van der Waals surface area contributed by atoms with Crippen LogP contribution in [0.2, 0.25) is 0 Å². The highest BCUT2D eigenvalue weighted by molar-refractivity contribution is 5.79. The molecule has 1 fully saturated rings. The SMILES string of the molecule is O=C(OCC1c2ccccc2-c2ccccc21)N1C2C=C(c3cncc(C(F)(F)F)c3)CC1CCC2. The Balaban J connectivity index is 1.22. The first-order valence-electron chi connectivity index (χ1n) is 12.3. The second-order valence-corrected chi connectivity index (χ2v) is 9.72. The molecule has 2 bridgehead atoms. The molecule has 7 heteroatoms. The van der Waals surface area contributed by atoms with Crippen LogP contribution in [-0.2, 0) is 10.9 Å². The number of aromatic nitrogens is 1. The van der Waals surface area contributed by atoms with Crippen molar-refractivity contribution in [3.8, 4) is 11.1 Å². The fourth-order valence-electron chi connectivity index (χ4n) is 5.97. The molecule has 0 saturated carbocycles. The largest absolute Gasteiger partial charge is 0.448 e. The van der Waals surface area contributed by atoms with Crippen LogP contribution in [0.3, 0.4) is 0 Å². The first kappa shape index (κ1) is 22.8. The summed E-state index contributed by atoms with van der Waals surface area (Å²) in [6, 6.07) is 17.3. The number of fused-ring (bicyclic) bond motifs is 5. The van der Waals surface area contributed by atoms with Crippen molar-refractivity contribution in [2.45, 2.75) is 49.9 Å². The molecule has 3 aromatic rings. The van der Waals surface area contributed by atoms with Crippen molar-refractivity contribution in [3.63, 3.8) is 0 Å². The van der Waals surface area contributed by atoms with Gasteiger partial charge in [0.1, 0.15) is 6.61 Å². The highest BCUT2D eigenvalue weighted by Gasteiger charge is 2.39. The molecule has 1 amide bonds. The number of hydrogen-bond donors (Lipinski definition) is 0. The van der Waals surface area contributed by atoms with Crippen molar-refractivity contribution in [3.05, 3.63) is 95.3 Å². The second kappa shape index (κ2) is 8.80. The zero-order valence-corrected chi connectivity index (χ0v) is 19.5. The van der Waals surface area contributed by atoms with E-state index in [-0.39, 0.29) is 30.7 Å². The number of carbonyl (C=O) groups is 1. The average molecular weight is 491 g/mol. The minimum atomic E-state index is -4.44. The molecule has 3 aliphatic rings. The van der Waals surface area contributed by atoms with Gasteiger partial charge in [-0.05, 0) is 65.1 Å². The summed E-state index contributed by atoms with van der Waals surface area (Å²) < 4.78 is 45.5. The lowest BCUT2D eigenvalue weighted by Gasteiger charge is -2.44. The molecule has 184 valence electrons. The average Bonchev–Trinajstić information content (AvgIpc) is 3.20. The fourth-order valence-corrected chi connectivity index (χ4v) is 5.97. The van der Waals surface area contributed by atoms with E-state index in [9.17, 15) is 18.0 Å². The van der Waals surface area contributed by atoms with Gasteiger partial charge in [0.2, 0.25) is 0 Å². The summed E-state index contributed by atoms with van der Waals surface area (Å²) in [5.41, 5.74) is 5.18. The lowest BCUT2D eigenvalue weighted by molar-refractivity contribution is -0.137. The topological polar surface area (TPSA) is 42.4 Å². The summed E-state index contributed by atoms with van der Waals surface area (Å²) in [5.74, 6) is -0.0201. The normalized spacial score (nSPS) is 21.0. The number of pyridine rings is 1. The van der Waals surface area contributed by atoms with Gasteiger partial charge < -0.3 is 4.74 Å². The maximum absolute atomic E-state index is 13.3. The van der Waals surface area contributed by atoms with Gasteiger partial charge in [0.15, 0.2) is 0 Å². The van der Waals surface area contributed by atoms with Crippen molar-refractivity contribution >= 4 is 11.7 Å². The molecule has 4 nitrogen and oxygen atoms in total. The number of ether oxygens (including phenoxy) is 1. The van der Waals surface area contributed by atoms with E-state index in [0.717, 1.165) is 48.2 Å². The Morgan fingerprint density at radius 2 is 1.69 bits per heavy atom. The number of rotatable bonds is 3. The highest BCUT2D eigenvalue weighted by Crippen LogP contribution is 2.45. The van der Waals surface area contributed by atoms with Crippen molar-refractivity contribution in [1.29, 1.82) is 0 Å². The van der Waals surface area contributed by atoms with Gasteiger partial charge in [-0.2, -0.15) is 13.2 Å². The Morgan fingerprint density at radius 1 is 1.00 bits per heavy atom. The van der Waals surface area contributed by atoms with Crippen LogP contribution in [-0.4, -0.2) is 34.7 Å². The van der Waals surface area contributed by atoms with E-state index in [1.807, 2.05) is 30.3 Å². The van der Waals surface area contributed by atoms with Crippen molar-refractivity contribution in [1.82, 2.24) is 9.88 Å². The molecular weight excluding hydrogens is 465 g/mol. The Kier molecular flexibility index (Phi) is 5.58. The summed E-state index contributed by atoms with van der Waals surface area (Å²) in [6.45, 7) is 0.247. The molecule has 0 N–H and O–H groups in total. The minimum absolute atomic E-state index is 0.0201. The maximum atomic E-state index is 13.3. The second-order valence-electron chi connectivity index (χ2n) is 9.72. The molecular formula is C29H25F3N2O2. The first-order valence-corrected chi connectivity index (χ1v) is 12.3. The molecule has 3 heterocycles. The van der Waals surface area contributed by atoms with Gasteiger partial charge in [-0.15, -0.1) is 0 Å². The van der Waals surface area contributed by atoms with Crippen molar-refractivity contribution < 1.29 is 22.7 Å². The van der Waals surface area contributed by atoms with E-state index >= 15 is 0 Å². The Labute approximate surface area is 207 Å². The third-order valence-corrected chi connectivity index (χ3v) is 7.62. The van der Waals surface area contributed by atoms with E-state index in [1.54, 1.807) is 4.90 Å². The zero-order valence-electron chi connectivity index (χ0n) is 19.5. The van der Waals surface area contributed by atoms with E-state index in [0.29, 0.717) is 12.0 Å². The van der Waals surface area contributed by atoms with Crippen LogP contribution in [0.4, 0.5) is 18.0 Å². The van der Waals surface area contributed by atoms with Gasteiger partial charge in [0.25, 0.3) is 0 Å². The van der Waals surface area contributed by atoms with Crippen LogP contribution in [0.15, 0.2) is 73.1 Å². The Bertz CT molecular complexity index is 1300. The van der Waals surface area contributed by atoms with Gasteiger partial charge in [-0.3, -0.25) is 9.88 Å². The van der Waals surface area contributed by atoms with Gasteiger partial charge in [-0.1, -0.05) is 54.6 Å². The number of hydrogen-bond acceptors (Lipinski definition) is 3. The van der Waals surface area contributed by atoms with Gasteiger partial charge >= 0.3 is 12.3 Å². The molecule has 2 aromatic carbocycles. The van der Waals surface area contributed by atoms with E-state index in [4.69, 9.17) is 4.74 Å². The van der Waals surface area contributed by atoms with Crippen LogP contribution in [0, 0.1) is 0 Å². The summed E-state index contributed by atoms with van der Waals surface area (Å²) >= 11 is 0. The first-order chi connectivity index (χ1) is 17.4. The van der Waals surface area contributed by atoms with E-state index < -0.39 is 11.7 Å². The highest BCUT2D eigenvalue weighted by atomic mass is 19.4. The summed E-state index contributed by atoms with van der Waals surface area (Å²) in [6.07, 6.45) is 2.45. The predicted octanol–water partition coefficient (Wildman–Crippen LogP) is 7.06. The third kappa shape index (κ3) is 3.96. The van der Waals surface area contributed by atoms with Crippen molar-refractivity contribution in [2.75, 3.05) is 6.61 Å². The predicted molar refractivity (Wildman–Crippen MR) is 130 cm³/mol. The Hall–Kier alpha value is -3.61. The molecule has 36 heavy (non-hydrogen) atoms. The third-order valence-electron chi connectivity index (χ3n) is 7.62. The van der Waals surface area contributed by atoms with Crippen LogP contribution in [0.1, 0.15) is 53.9 Å². The number of carbonyl (C=O) groups excluding carboxylic acids is 1. The van der Waals surface area contributed by atoms with Crippen LogP contribution >= 0.6 is 0 Å². The fraction of sp³-hybridized carbons (Fsp3) is 0.310. The monoisotopic (exact) mass is 490 g/mol. The standard InChI is InChI=1S/C29H25F3N2O2/c30-29(31,32)20-12-19(15-33-16-20)18-13-21-6-5-7-22(14-18)34(21)28(35)36-17-27-25-10-3-1-8-23(25)24-9-2-4-11-26(24)27/h1-4,8-13,15-16,21-22,27H,5-7,14,17H2. The van der Waals surface area contributed by atoms with Gasteiger partial charge in [0, 0.05) is 24.4 Å². The molecule has 1 saturated heterocycles. The molecule has 0 spiro atoms. The molecule has 2 aliphatic heterocycles. The number of halogens is 3. The number of piperidine rings is 1. The van der Waals surface area contributed by atoms with Gasteiger partial charge in [0.05, 0.1) is 11.6 Å². The summed E-state index contributed by atoms with van der Waals surface area (Å²) in [7, 11) is 0. The summed E-state index contributed by atoms with van der Waals surface area (Å²) in [5, 5.41) is 0. The molecule has 2 unspecified atom stereocenters. The lowest BCUT2D eigenvalue weighted by atomic mass is 9.83. The summed E-state index contributed by atoms with van der Waals surface area (Å²) in [4.78, 5) is 18.9.